The average Bonchev–Trinajstić information content (AvgIpc) is 2.31. The van der Waals surface area contributed by atoms with Gasteiger partial charge >= 0.3 is 5.97 Å². The Balaban J connectivity index is 2.92. The number of aliphatic hydroxyl groups excluding tert-OH is 5. The summed E-state index contributed by atoms with van der Waals surface area (Å²) in [5.74, 6) is -4.58. The van der Waals surface area contributed by atoms with Crippen LogP contribution in [0.25, 0.3) is 0 Å². The van der Waals surface area contributed by atoms with Crippen molar-refractivity contribution in [1.82, 2.24) is 0 Å². The zero-order chi connectivity index (χ0) is 14.1. The van der Waals surface area contributed by atoms with Crippen molar-refractivity contribution in [2.75, 3.05) is 6.61 Å². The summed E-state index contributed by atoms with van der Waals surface area (Å²) in [4.78, 5) is 10.8. The van der Waals surface area contributed by atoms with Crippen molar-refractivity contribution in [3.63, 3.8) is 0 Å². The van der Waals surface area contributed by atoms with Crippen LogP contribution in [-0.4, -0.2) is 84.6 Å². The fourth-order valence-electron chi connectivity index (χ4n) is 1.70. The molecule has 0 aliphatic carbocycles. The minimum Gasteiger partial charge on any atom is -0.477 e. The van der Waals surface area contributed by atoms with E-state index < -0.39 is 55.3 Å². The molecular weight excluding hydrogens is 252 g/mol. The van der Waals surface area contributed by atoms with E-state index in [1.165, 1.54) is 0 Å². The number of carboxylic acids is 1. The molecule has 0 aromatic heterocycles. The third-order valence-corrected chi connectivity index (χ3v) is 2.80. The van der Waals surface area contributed by atoms with Crippen molar-refractivity contribution in [2.45, 2.75) is 42.7 Å². The molecule has 18 heavy (non-hydrogen) atoms. The van der Waals surface area contributed by atoms with Crippen LogP contribution in [0.3, 0.4) is 0 Å². The molecule has 1 rings (SSSR count). The van der Waals surface area contributed by atoms with E-state index in [1.807, 2.05) is 0 Å². The van der Waals surface area contributed by atoms with Gasteiger partial charge in [0.05, 0.1) is 12.7 Å². The summed E-state index contributed by atoms with van der Waals surface area (Å²) < 4.78 is 4.63. The van der Waals surface area contributed by atoms with Gasteiger partial charge < -0.3 is 40.5 Å². The zero-order valence-corrected chi connectivity index (χ0v) is 9.25. The van der Waals surface area contributed by atoms with Crippen LogP contribution in [0, 0.1) is 0 Å². The Morgan fingerprint density at radius 2 is 1.94 bits per heavy atom. The molecule has 0 bridgehead atoms. The molecule has 1 saturated heterocycles. The monoisotopic (exact) mass is 268 g/mol. The van der Waals surface area contributed by atoms with Crippen molar-refractivity contribution in [3.05, 3.63) is 0 Å². The van der Waals surface area contributed by atoms with Crippen LogP contribution in [0.4, 0.5) is 0 Å². The maximum absolute atomic E-state index is 10.8. The molecule has 1 aliphatic rings. The summed E-state index contributed by atoms with van der Waals surface area (Å²) in [5, 5.41) is 64.6. The van der Waals surface area contributed by atoms with Crippen LogP contribution >= 0.6 is 0 Å². The number of carboxylic acid groups (broad SMARTS) is 1. The van der Waals surface area contributed by atoms with Crippen molar-refractivity contribution in [1.29, 1.82) is 0 Å². The second-order valence-corrected chi connectivity index (χ2v) is 4.17. The first-order valence-corrected chi connectivity index (χ1v) is 5.19. The van der Waals surface area contributed by atoms with E-state index in [9.17, 15) is 30.3 Å². The largest absolute Gasteiger partial charge is 0.477 e. The van der Waals surface area contributed by atoms with Gasteiger partial charge in [-0.3, -0.25) is 0 Å². The molecule has 0 unspecified atom stereocenters. The van der Waals surface area contributed by atoms with Crippen LogP contribution in [0.1, 0.15) is 6.42 Å². The Labute approximate surface area is 101 Å². The van der Waals surface area contributed by atoms with E-state index in [-0.39, 0.29) is 0 Å². The third kappa shape index (κ3) is 2.78. The number of aliphatic carboxylic acids is 1. The number of hydrogen-bond donors (Lipinski definition) is 7. The van der Waals surface area contributed by atoms with Gasteiger partial charge in [-0.25, -0.2) is 4.79 Å². The molecule has 9 nitrogen and oxygen atoms in total. The van der Waals surface area contributed by atoms with Crippen LogP contribution in [0.5, 0.6) is 0 Å². The topological polar surface area (TPSA) is 168 Å². The van der Waals surface area contributed by atoms with E-state index in [0.29, 0.717) is 0 Å². The molecule has 6 atom stereocenters. The summed E-state index contributed by atoms with van der Waals surface area (Å²) in [7, 11) is 0. The SMILES string of the molecule is O=C(O)[C@@]1(O)C[C@@H](O)[C@@H](O)[C@H]([C@@H](O)[C@@H](O)CO)O1. The molecule has 7 N–H and O–H groups in total. The molecule has 0 spiro atoms. The molecule has 0 aromatic carbocycles. The van der Waals surface area contributed by atoms with Gasteiger partial charge in [0, 0.05) is 6.42 Å². The van der Waals surface area contributed by atoms with E-state index in [2.05, 4.69) is 4.74 Å². The fourth-order valence-corrected chi connectivity index (χ4v) is 1.70. The fraction of sp³-hybridized carbons (Fsp3) is 0.889. The third-order valence-electron chi connectivity index (χ3n) is 2.80. The van der Waals surface area contributed by atoms with Gasteiger partial charge in [0.15, 0.2) is 0 Å². The number of ether oxygens (including phenoxy) is 1. The standard InChI is InChI=1S/C9H16O9/c10-2-4(12)6(14)7-5(13)3(11)1-9(17,18-7)8(15)16/h3-7,10-14,17H,1-2H2,(H,15,16)/t3-,4+,5-,6+,7-,9-/m1/s1. The number of aliphatic hydroxyl groups is 6. The quantitative estimate of drug-likeness (QED) is 0.268. The maximum atomic E-state index is 10.8. The van der Waals surface area contributed by atoms with Crippen molar-refractivity contribution in [3.8, 4) is 0 Å². The second-order valence-electron chi connectivity index (χ2n) is 4.17. The highest BCUT2D eigenvalue weighted by molar-refractivity contribution is 5.75. The van der Waals surface area contributed by atoms with Gasteiger partial charge in [-0.1, -0.05) is 0 Å². The predicted molar refractivity (Wildman–Crippen MR) is 53.2 cm³/mol. The predicted octanol–water partition coefficient (Wildman–Crippen LogP) is -4.02. The first-order valence-electron chi connectivity index (χ1n) is 5.19. The lowest BCUT2D eigenvalue weighted by molar-refractivity contribution is -0.312. The minimum absolute atomic E-state index is 0.790. The average molecular weight is 268 g/mol. The Hall–Kier alpha value is -0.810. The smallest absolute Gasteiger partial charge is 0.364 e. The van der Waals surface area contributed by atoms with Gasteiger partial charge in [0.2, 0.25) is 0 Å². The molecular formula is C9H16O9. The Bertz CT molecular complexity index is 308. The van der Waals surface area contributed by atoms with Crippen LogP contribution in [0.15, 0.2) is 0 Å². The van der Waals surface area contributed by atoms with Crippen molar-refractivity contribution >= 4 is 5.97 Å². The van der Waals surface area contributed by atoms with Gasteiger partial charge in [0.25, 0.3) is 5.79 Å². The van der Waals surface area contributed by atoms with E-state index in [0.717, 1.165) is 0 Å². The first kappa shape index (κ1) is 15.2. The molecule has 0 amide bonds. The Kier molecular flexibility index (Phi) is 4.61. The Morgan fingerprint density at radius 3 is 2.39 bits per heavy atom. The molecule has 1 aliphatic heterocycles. The van der Waals surface area contributed by atoms with Crippen LogP contribution in [-0.2, 0) is 9.53 Å². The zero-order valence-electron chi connectivity index (χ0n) is 9.25. The highest BCUT2D eigenvalue weighted by Gasteiger charge is 2.53. The lowest BCUT2D eigenvalue weighted by Gasteiger charge is -2.42. The molecule has 9 heteroatoms. The molecule has 106 valence electrons. The highest BCUT2D eigenvalue weighted by atomic mass is 16.7. The summed E-state index contributed by atoms with van der Waals surface area (Å²) in [6, 6.07) is 0. The number of hydrogen-bond acceptors (Lipinski definition) is 8. The molecule has 1 fully saturated rings. The highest BCUT2D eigenvalue weighted by Crippen LogP contribution is 2.30. The van der Waals surface area contributed by atoms with E-state index >= 15 is 0 Å². The first-order chi connectivity index (χ1) is 8.23. The number of carbonyl (C=O) groups is 1. The van der Waals surface area contributed by atoms with Crippen LogP contribution in [0.2, 0.25) is 0 Å². The van der Waals surface area contributed by atoms with E-state index in [4.69, 9.17) is 10.2 Å². The second kappa shape index (κ2) is 5.45. The molecule has 0 saturated carbocycles. The van der Waals surface area contributed by atoms with Gasteiger partial charge in [-0.15, -0.1) is 0 Å². The maximum Gasteiger partial charge on any atom is 0.364 e. The van der Waals surface area contributed by atoms with Gasteiger partial charge in [0.1, 0.15) is 24.4 Å². The lowest BCUT2D eigenvalue weighted by atomic mass is 9.91. The summed E-state index contributed by atoms with van der Waals surface area (Å²) >= 11 is 0. The number of rotatable bonds is 4. The van der Waals surface area contributed by atoms with Crippen molar-refractivity contribution < 1.29 is 45.3 Å². The molecule has 0 radical (unpaired) electrons. The Morgan fingerprint density at radius 1 is 1.39 bits per heavy atom. The minimum atomic E-state index is -2.78. The molecule has 1 heterocycles. The van der Waals surface area contributed by atoms with Crippen molar-refractivity contribution in [2.24, 2.45) is 0 Å². The molecule has 0 aromatic rings. The van der Waals surface area contributed by atoms with E-state index in [1.54, 1.807) is 0 Å². The lowest BCUT2D eigenvalue weighted by Crippen LogP contribution is -2.63. The normalized spacial score (nSPS) is 40.2. The van der Waals surface area contributed by atoms with Gasteiger partial charge in [-0.05, 0) is 0 Å². The van der Waals surface area contributed by atoms with Gasteiger partial charge in [-0.2, -0.15) is 0 Å². The summed E-state index contributed by atoms with van der Waals surface area (Å²) in [6.07, 6.45) is -9.50. The summed E-state index contributed by atoms with van der Waals surface area (Å²) in [6.45, 7) is -0.866. The van der Waals surface area contributed by atoms with Crippen LogP contribution < -0.4 is 0 Å². The summed E-state index contributed by atoms with van der Waals surface area (Å²) in [5.41, 5.74) is 0.